The first-order valence-corrected chi connectivity index (χ1v) is 10.8. The topological polar surface area (TPSA) is 113 Å². The lowest BCUT2D eigenvalue weighted by atomic mass is 9.94. The summed E-state index contributed by atoms with van der Waals surface area (Å²) in [5.74, 6) is 0.707. The molecule has 0 bridgehead atoms. The van der Waals surface area contributed by atoms with Gasteiger partial charge >= 0.3 is 0 Å². The quantitative estimate of drug-likeness (QED) is 0.469. The normalized spacial score (nSPS) is 17.4. The molecule has 1 unspecified atom stereocenters. The third-order valence-electron chi connectivity index (χ3n) is 6.17. The van der Waals surface area contributed by atoms with Crippen molar-refractivity contribution in [1.82, 2.24) is 15.2 Å². The number of amides is 1. The molecule has 33 heavy (non-hydrogen) atoms. The van der Waals surface area contributed by atoms with E-state index in [1.165, 1.54) is 6.07 Å². The molecule has 3 heterocycles. The average molecular weight is 445 g/mol. The highest BCUT2D eigenvalue weighted by Gasteiger charge is 2.26. The van der Waals surface area contributed by atoms with Crippen molar-refractivity contribution in [2.75, 3.05) is 26.3 Å². The van der Waals surface area contributed by atoms with Gasteiger partial charge in [0.2, 0.25) is 0 Å². The summed E-state index contributed by atoms with van der Waals surface area (Å²) in [6.07, 6.45) is 1.61. The number of nitrogens with one attached hydrogen (secondary N) is 2. The van der Waals surface area contributed by atoms with Crippen molar-refractivity contribution < 1.29 is 14.5 Å². The molecule has 0 spiro atoms. The number of morpholine rings is 1. The predicted octanol–water partition coefficient (Wildman–Crippen LogP) is 3.72. The highest BCUT2D eigenvalue weighted by molar-refractivity contribution is 5.94. The molecular formula is C24H23N5O4. The maximum Gasteiger partial charge on any atom is 0.272 e. The maximum atomic E-state index is 12.7. The molecule has 9 heteroatoms. The smallest absolute Gasteiger partial charge is 0.272 e. The summed E-state index contributed by atoms with van der Waals surface area (Å²) in [7, 11) is 0. The summed E-state index contributed by atoms with van der Waals surface area (Å²) in [6.45, 7) is 4.11. The lowest BCUT2D eigenvalue weighted by molar-refractivity contribution is -0.385. The highest BCUT2D eigenvalue weighted by Crippen LogP contribution is 2.38. The van der Waals surface area contributed by atoms with E-state index in [1.807, 2.05) is 36.4 Å². The summed E-state index contributed by atoms with van der Waals surface area (Å²) in [5.41, 5.74) is 4.87. The number of aromatic amines is 1. The monoisotopic (exact) mass is 445 g/mol. The number of hydrogen-bond donors (Lipinski definition) is 2. The van der Waals surface area contributed by atoms with E-state index in [1.54, 1.807) is 24.2 Å². The van der Waals surface area contributed by atoms with Crippen LogP contribution in [0.2, 0.25) is 0 Å². The Morgan fingerprint density at radius 1 is 1.15 bits per heavy atom. The highest BCUT2D eigenvalue weighted by atomic mass is 16.6. The Kier molecular flexibility index (Phi) is 5.39. The van der Waals surface area contributed by atoms with Crippen LogP contribution in [-0.2, 0) is 4.74 Å². The van der Waals surface area contributed by atoms with E-state index in [4.69, 9.17) is 4.74 Å². The molecule has 5 rings (SSSR count). The standard InChI is InChI=1S/C24H23N5O4/c1-15-18(3-2-4-21(15)29(31)32)22-19-13-20(27-23(19)26-14-25-22)16-5-7-17(8-6-16)24(30)28-9-11-33-12-10-28/h2-8,13-14,22,27H,9-12H2,1H3,(H,25,26). The SMILES string of the molecule is Cc1c(C2NC=Nc3[nH]c(-c4ccc(C(=O)N5CCOCC5)cc4)cc32)cccc1[N+](=O)[O-]. The lowest BCUT2D eigenvalue weighted by Gasteiger charge is -2.26. The summed E-state index contributed by atoms with van der Waals surface area (Å²) in [5, 5.41) is 14.6. The van der Waals surface area contributed by atoms with Gasteiger partial charge < -0.3 is 19.9 Å². The van der Waals surface area contributed by atoms with Gasteiger partial charge in [-0.25, -0.2) is 4.99 Å². The van der Waals surface area contributed by atoms with Gasteiger partial charge in [0.1, 0.15) is 5.82 Å². The number of nitro groups is 1. The van der Waals surface area contributed by atoms with Crippen molar-refractivity contribution in [3.63, 3.8) is 0 Å². The Hall–Kier alpha value is -3.98. The number of nitro benzene ring substituents is 1. The number of aromatic nitrogens is 1. The van der Waals surface area contributed by atoms with Crippen molar-refractivity contribution in [1.29, 1.82) is 0 Å². The fourth-order valence-electron chi connectivity index (χ4n) is 4.36. The first kappa shape index (κ1) is 20.9. The van der Waals surface area contributed by atoms with E-state index in [0.717, 1.165) is 22.4 Å². The van der Waals surface area contributed by atoms with Crippen molar-refractivity contribution in [3.05, 3.63) is 80.9 Å². The second kappa shape index (κ2) is 8.51. The number of carbonyl (C=O) groups excluding carboxylic acids is 1. The molecule has 1 amide bonds. The Bertz CT molecular complexity index is 1240. The molecule has 9 nitrogen and oxygen atoms in total. The van der Waals surface area contributed by atoms with Crippen LogP contribution in [0.25, 0.3) is 11.3 Å². The summed E-state index contributed by atoms with van der Waals surface area (Å²) >= 11 is 0. The molecule has 2 aliphatic heterocycles. The Balaban J connectivity index is 1.43. The number of nitrogens with zero attached hydrogens (tertiary/aromatic N) is 3. The third kappa shape index (κ3) is 3.87. The first-order valence-electron chi connectivity index (χ1n) is 10.8. The van der Waals surface area contributed by atoms with E-state index in [-0.39, 0.29) is 22.6 Å². The van der Waals surface area contributed by atoms with Crippen molar-refractivity contribution in [3.8, 4) is 11.3 Å². The molecule has 0 radical (unpaired) electrons. The first-order chi connectivity index (χ1) is 16.0. The number of H-pyrrole nitrogens is 1. The van der Waals surface area contributed by atoms with Gasteiger partial charge in [0.25, 0.3) is 11.6 Å². The number of rotatable bonds is 4. The van der Waals surface area contributed by atoms with E-state index >= 15 is 0 Å². The second-order valence-corrected chi connectivity index (χ2v) is 8.08. The predicted molar refractivity (Wildman–Crippen MR) is 124 cm³/mol. The van der Waals surface area contributed by atoms with E-state index in [2.05, 4.69) is 15.3 Å². The van der Waals surface area contributed by atoms with Gasteiger partial charge in [-0.2, -0.15) is 0 Å². The van der Waals surface area contributed by atoms with Crippen molar-refractivity contribution in [2.24, 2.45) is 4.99 Å². The van der Waals surface area contributed by atoms with Crippen molar-refractivity contribution in [2.45, 2.75) is 13.0 Å². The molecule has 1 saturated heterocycles. The third-order valence-corrected chi connectivity index (χ3v) is 6.17. The van der Waals surface area contributed by atoms with Gasteiger partial charge in [-0.05, 0) is 36.2 Å². The number of benzene rings is 2. The van der Waals surface area contributed by atoms with Gasteiger partial charge in [-0.3, -0.25) is 14.9 Å². The second-order valence-electron chi connectivity index (χ2n) is 8.08. The van der Waals surface area contributed by atoms with Gasteiger partial charge in [-0.15, -0.1) is 0 Å². The Morgan fingerprint density at radius 3 is 2.64 bits per heavy atom. The zero-order valence-corrected chi connectivity index (χ0v) is 18.1. The summed E-state index contributed by atoms with van der Waals surface area (Å²) in [4.78, 5) is 33.3. The number of carbonyl (C=O) groups is 1. The molecule has 1 atom stereocenters. The van der Waals surface area contributed by atoms with E-state index in [9.17, 15) is 14.9 Å². The fraction of sp³-hybridized carbons (Fsp3) is 0.250. The van der Waals surface area contributed by atoms with Crippen LogP contribution in [0.5, 0.6) is 0 Å². The van der Waals surface area contributed by atoms with Crippen LogP contribution in [0.15, 0.2) is 53.5 Å². The van der Waals surface area contributed by atoms with Gasteiger partial charge in [-0.1, -0.05) is 24.3 Å². The number of aliphatic imine (C=N–C) groups is 1. The van der Waals surface area contributed by atoms with Crippen LogP contribution < -0.4 is 5.32 Å². The van der Waals surface area contributed by atoms with Gasteiger partial charge in [0, 0.05) is 41.5 Å². The van der Waals surface area contributed by atoms with Gasteiger partial charge in [0.15, 0.2) is 0 Å². The number of hydrogen-bond acceptors (Lipinski definition) is 6. The molecule has 2 aromatic carbocycles. The maximum absolute atomic E-state index is 12.7. The fourth-order valence-corrected chi connectivity index (χ4v) is 4.36. The summed E-state index contributed by atoms with van der Waals surface area (Å²) in [6, 6.07) is 14.3. The Morgan fingerprint density at radius 2 is 1.91 bits per heavy atom. The molecule has 2 aliphatic rings. The number of ether oxygens (including phenoxy) is 1. The summed E-state index contributed by atoms with van der Waals surface area (Å²) < 4.78 is 5.32. The molecule has 2 N–H and O–H groups in total. The van der Waals surface area contributed by atoms with Crippen LogP contribution in [0.3, 0.4) is 0 Å². The number of fused-ring (bicyclic) bond motifs is 1. The zero-order valence-electron chi connectivity index (χ0n) is 18.1. The van der Waals surface area contributed by atoms with Gasteiger partial charge in [0.05, 0.1) is 30.5 Å². The molecule has 1 fully saturated rings. The van der Waals surface area contributed by atoms with Crippen LogP contribution >= 0.6 is 0 Å². The molecule has 1 aromatic heterocycles. The van der Waals surface area contributed by atoms with Crippen LogP contribution in [0.1, 0.15) is 33.1 Å². The minimum absolute atomic E-state index is 0.00522. The lowest BCUT2D eigenvalue weighted by Crippen LogP contribution is -2.40. The van der Waals surface area contributed by atoms with Crippen LogP contribution in [-0.4, -0.2) is 53.4 Å². The van der Waals surface area contributed by atoms with E-state index < -0.39 is 0 Å². The Labute approximate surface area is 190 Å². The van der Waals surface area contributed by atoms with Crippen molar-refractivity contribution >= 4 is 23.8 Å². The zero-order chi connectivity index (χ0) is 22.9. The minimum atomic E-state index is -0.362. The van der Waals surface area contributed by atoms with Crippen LogP contribution in [0, 0.1) is 17.0 Å². The van der Waals surface area contributed by atoms with E-state index in [0.29, 0.717) is 43.2 Å². The molecular weight excluding hydrogens is 422 g/mol. The minimum Gasteiger partial charge on any atom is -0.378 e. The molecule has 3 aromatic rings. The van der Waals surface area contributed by atoms with Crippen LogP contribution in [0.4, 0.5) is 11.5 Å². The average Bonchev–Trinajstić information content (AvgIpc) is 3.29. The molecule has 0 aliphatic carbocycles. The largest absolute Gasteiger partial charge is 0.378 e. The molecule has 0 saturated carbocycles. The molecule has 168 valence electrons.